The van der Waals surface area contributed by atoms with E-state index in [1.807, 2.05) is 67.6 Å². The van der Waals surface area contributed by atoms with Gasteiger partial charge in [-0.15, -0.1) is 0 Å². The molecular formula is C30H33N5O4. The number of hydrazine groups is 1. The van der Waals surface area contributed by atoms with E-state index < -0.39 is 12.2 Å². The number of likely N-dealkylation sites (N-methyl/N-ethyl adjacent to an activating group) is 1. The summed E-state index contributed by atoms with van der Waals surface area (Å²) in [5, 5.41) is 15.9. The molecule has 3 atom stereocenters. The molecule has 3 aromatic rings. The van der Waals surface area contributed by atoms with Crippen LogP contribution in [-0.2, 0) is 22.6 Å². The monoisotopic (exact) mass is 527 g/mol. The fourth-order valence-electron chi connectivity index (χ4n) is 5.43. The second-order valence-electron chi connectivity index (χ2n) is 10.0. The lowest BCUT2D eigenvalue weighted by Crippen LogP contribution is -2.76. The van der Waals surface area contributed by atoms with Crippen LogP contribution >= 0.6 is 0 Å². The number of phenolic OH excluding ortho intramolecular Hbond substituents is 1. The lowest BCUT2D eigenvalue weighted by atomic mass is 9.96. The maximum absolute atomic E-state index is 14.0. The van der Waals surface area contributed by atoms with Gasteiger partial charge in [0.2, 0.25) is 11.8 Å². The Hall–Kier alpha value is -4.37. The molecule has 2 aliphatic rings. The highest BCUT2D eigenvalue weighted by molar-refractivity contribution is 5.92. The van der Waals surface area contributed by atoms with E-state index in [1.54, 1.807) is 51.1 Å². The van der Waals surface area contributed by atoms with Crippen LogP contribution in [0.3, 0.4) is 0 Å². The van der Waals surface area contributed by atoms with Crippen molar-refractivity contribution < 1.29 is 19.5 Å². The molecule has 39 heavy (non-hydrogen) atoms. The molecule has 2 saturated heterocycles. The first-order chi connectivity index (χ1) is 18.8. The van der Waals surface area contributed by atoms with Crippen LogP contribution in [0.1, 0.15) is 29.7 Å². The Bertz CT molecular complexity index is 1320. The fraction of sp³-hybridized carbons (Fsp3) is 0.300. The number of rotatable bonds is 6. The van der Waals surface area contributed by atoms with Crippen LogP contribution in [-0.4, -0.2) is 75.1 Å². The summed E-state index contributed by atoms with van der Waals surface area (Å²) in [7, 11) is 1.72. The lowest BCUT2D eigenvalue weighted by Gasteiger charge is -2.55. The van der Waals surface area contributed by atoms with Gasteiger partial charge in [0.05, 0.1) is 19.1 Å². The maximum Gasteiger partial charge on any atom is 0.334 e. The van der Waals surface area contributed by atoms with E-state index in [1.165, 1.54) is 0 Å². The minimum absolute atomic E-state index is 0.0249. The van der Waals surface area contributed by atoms with Gasteiger partial charge in [0.15, 0.2) is 0 Å². The molecule has 2 aliphatic heterocycles. The summed E-state index contributed by atoms with van der Waals surface area (Å²) in [6, 6.07) is 24.6. The molecule has 0 bridgehead atoms. The number of urea groups is 1. The first-order valence-electron chi connectivity index (χ1n) is 13.1. The average Bonchev–Trinajstić information content (AvgIpc) is 2.95. The predicted octanol–water partition coefficient (Wildman–Crippen LogP) is 3.13. The van der Waals surface area contributed by atoms with Crippen molar-refractivity contribution in [3.05, 3.63) is 102 Å². The van der Waals surface area contributed by atoms with E-state index >= 15 is 0 Å². The zero-order chi connectivity index (χ0) is 27.5. The SMILES string of the molecule is C[C@@H](c1ccccc1)N1C[C@H]2N(C(=O)CN(C)N2C(=O)NCc2ccccc2)[C@@H](Cc2ccc(O)cc2)C1=O. The van der Waals surface area contributed by atoms with Crippen LogP contribution in [0.4, 0.5) is 4.79 Å². The first kappa shape index (κ1) is 26.2. The Labute approximate surface area is 228 Å². The summed E-state index contributed by atoms with van der Waals surface area (Å²) < 4.78 is 0. The van der Waals surface area contributed by atoms with E-state index in [9.17, 15) is 19.5 Å². The number of carbonyl (C=O) groups excluding carboxylic acids is 3. The molecule has 0 unspecified atom stereocenters. The minimum Gasteiger partial charge on any atom is -0.508 e. The molecule has 5 rings (SSSR count). The number of hydrogen-bond donors (Lipinski definition) is 2. The number of fused-ring (bicyclic) bond motifs is 1. The Morgan fingerprint density at radius 1 is 0.949 bits per heavy atom. The van der Waals surface area contributed by atoms with Crippen molar-refractivity contribution in [2.24, 2.45) is 0 Å². The fourth-order valence-corrected chi connectivity index (χ4v) is 5.43. The zero-order valence-corrected chi connectivity index (χ0v) is 22.1. The Morgan fingerprint density at radius 2 is 1.59 bits per heavy atom. The average molecular weight is 528 g/mol. The predicted molar refractivity (Wildman–Crippen MR) is 146 cm³/mol. The summed E-state index contributed by atoms with van der Waals surface area (Å²) in [5.74, 6) is -0.250. The van der Waals surface area contributed by atoms with Crippen LogP contribution in [0, 0.1) is 0 Å². The van der Waals surface area contributed by atoms with E-state index in [4.69, 9.17) is 0 Å². The minimum atomic E-state index is -0.801. The van der Waals surface area contributed by atoms with Gasteiger partial charge in [0.25, 0.3) is 0 Å². The first-order valence-corrected chi connectivity index (χ1v) is 13.1. The molecule has 9 nitrogen and oxygen atoms in total. The Balaban J connectivity index is 1.48. The summed E-state index contributed by atoms with van der Waals surface area (Å²) in [6.45, 7) is 2.46. The number of hydrogen-bond acceptors (Lipinski definition) is 5. The lowest BCUT2D eigenvalue weighted by molar-refractivity contribution is -0.189. The van der Waals surface area contributed by atoms with Gasteiger partial charge in [-0.2, -0.15) is 0 Å². The number of piperazine rings is 1. The van der Waals surface area contributed by atoms with E-state index in [-0.39, 0.29) is 49.1 Å². The van der Waals surface area contributed by atoms with Gasteiger partial charge < -0.3 is 20.2 Å². The van der Waals surface area contributed by atoms with Gasteiger partial charge in [-0.1, -0.05) is 72.8 Å². The third kappa shape index (κ3) is 5.44. The quantitative estimate of drug-likeness (QED) is 0.514. The van der Waals surface area contributed by atoms with Crippen molar-refractivity contribution in [1.82, 2.24) is 25.1 Å². The molecule has 0 radical (unpaired) electrons. The van der Waals surface area contributed by atoms with Gasteiger partial charge in [0.1, 0.15) is 18.0 Å². The van der Waals surface area contributed by atoms with Gasteiger partial charge >= 0.3 is 6.03 Å². The highest BCUT2D eigenvalue weighted by atomic mass is 16.3. The number of phenols is 1. The normalized spacial score (nSPS) is 20.5. The molecule has 9 heteroatoms. The molecule has 2 heterocycles. The van der Waals surface area contributed by atoms with Crippen LogP contribution < -0.4 is 5.32 Å². The summed E-state index contributed by atoms with van der Waals surface area (Å²) in [6.07, 6.45) is -0.416. The van der Waals surface area contributed by atoms with Crippen molar-refractivity contribution in [2.45, 2.75) is 38.1 Å². The summed E-state index contributed by atoms with van der Waals surface area (Å²) in [5.41, 5.74) is 2.74. The number of benzene rings is 3. The standard InChI is InChI=1S/C30H33N5O4/c1-21(24-11-7-4-8-12-24)33-19-27-34(26(29(33)38)17-22-13-15-25(36)16-14-22)28(37)20-32(2)35(27)30(39)31-18-23-9-5-3-6-10-23/h3-16,21,26-27,36H,17-20H2,1-2H3,(H,31,39)/t21-,26-,27-/m0/s1. The van der Waals surface area contributed by atoms with Crippen LogP contribution in [0.2, 0.25) is 0 Å². The molecule has 0 saturated carbocycles. The smallest absolute Gasteiger partial charge is 0.334 e. The Kier molecular flexibility index (Phi) is 7.51. The third-order valence-electron chi connectivity index (χ3n) is 7.50. The van der Waals surface area contributed by atoms with Crippen molar-refractivity contribution in [3.63, 3.8) is 0 Å². The molecule has 202 valence electrons. The number of nitrogens with zero attached hydrogens (tertiary/aromatic N) is 4. The third-order valence-corrected chi connectivity index (χ3v) is 7.50. The van der Waals surface area contributed by atoms with Crippen molar-refractivity contribution >= 4 is 17.8 Å². The topological polar surface area (TPSA) is 96.4 Å². The number of aromatic hydroxyl groups is 1. The van der Waals surface area contributed by atoms with Crippen molar-refractivity contribution in [2.75, 3.05) is 20.1 Å². The van der Waals surface area contributed by atoms with Crippen LogP contribution in [0.15, 0.2) is 84.9 Å². The van der Waals surface area contributed by atoms with Gasteiger partial charge in [-0.05, 0) is 35.7 Å². The maximum atomic E-state index is 14.0. The van der Waals surface area contributed by atoms with Crippen molar-refractivity contribution in [3.8, 4) is 5.75 Å². The van der Waals surface area contributed by atoms with Crippen LogP contribution in [0.25, 0.3) is 0 Å². The van der Waals surface area contributed by atoms with Crippen LogP contribution in [0.5, 0.6) is 5.75 Å². The molecule has 0 aliphatic carbocycles. The van der Waals surface area contributed by atoms with E-state index in [0.717, 1.165) is 16.7 Å². The van der Waals surface area contributed by atoms with Crippen molar-refractivity contribution in [1.29, 1.82) is 0 Å². The molecule has 2 N–H and O–H groups in total. The zero-order valence-electron chi connectivity index (χ0n) is 22.1. The van der Waals surface area contributed by atoms with Gasteiger partial charge in [-0.25, -0.2) is 14.8 Å². The highest BCUT2D eigenvalue weighted by Crippen LogP contribution is 2.32. The Morgan fingerprint density at radius 3 is 2.26 bits per heavy atom. The largest absolute Gasteiger partial charge is 0.508 e. The number of amides is 4. The number of carbonyl (C=O) groups is 3. The van der Waals surface area contributed by atoms with Gasteiger partial charge in [0, 0.05) is 20.0 Å². The summed E-state index contributed by atoms with van der Waals surface area (Å²) in [4.78, 5) is 44.4. The highest BCUT2D eigenvalue weighted by Gasteiger charge is 2.51. The molecule has 4 amide bonds. The molecule has 3 aromatic carbocycles. The van der Waals surface area contributed by atoms with E-state index in [2.05, 4.69) is 5.32 Å². The molecular weight excluding hydrogens is 494 g/mol. The second-order valence-corrected chi connectivity index (χ2v) is 10.0. The molecule has 0 aromatic heterocycles. The van der Waals surface area contributed by atoms with E-state index in [0.29, 0.717) is 6.54 Å². The number of nitrogens with one attached hydrogen (secondary N) is 1. The second kappa shape index (κ2) is 11.2. The molecule has 2 fully saturated rings. The summed E-state index contributed by atoms with van der Waals surface area (Å²) >= 11 is 0. The van der Waals surface area contributed by atoms with Gasteiger partial charge in [-0.3, -0.25) is 9.59 Å². The molecule has 0 spiro atoms.